The minimum absolute atomic E-state index is 0.0145. The van der Waals surface area contributed by atoms with Crippen LogP contribution in [-0.2, 0) is 0 Å². The number of aliphatic hydroxyl groups excluding tert-OH is 1. The molecule has 1 amide bonds. The van der Waals surface area contributed by atoms with E-state index < -0.39 is 0 Å². The average molecular weight is 327 g/mol. The normalized spacial score (nSPS) is 15.5. The molecule has 0 atom stereocenters. The van der Waals surface area contributed by atoms with Crippen molar-refractivity contribution in [2.45, 2.75) is 0 Å². The van der Waals surface area contributed by atoms with Crippen LogP contribution in [0, 0.1) is 0 Å². The van der Waals surface area contributed by atoms with E-state index in [0.29, 0.717) is 36.3 Å². The van der Waals surface area contributed by atoms with E-state index in [0.717, 1.165) is 13.1 Å². The number of hydrogen-bond acceptors (Lipinski definition) is 4. The van der Waals surface area contributed by atoms with Crippen molar-refractivity contribution in [2.75, 3.05) is 39.3 Å². The maximum atomic E-state index is 12.5. The van der Waals surface area contributed by atoms with Gasteiger partial charge in [0.1, 0.15) is 0 Å². The molecule has 1 fully saturated rings. The van der Waals surface area contributed by atoms with Crippen LogP contribution in [0.5, 0.6) is 0 Å². The Hall–Kier alpha value is -2.44. The van der Waals surface area contributed by atoms with E-state index in [1.807, 2.05) is 4.90 Å². The van der Waals surface area contributed by atoms with Crippen LogP contribution >= 0.6 is 0 Å². The van der Waals surface area contributed by atoms with Gasteiger partial charge >= 0.3 is 0 Å². The Balaban J connectivity index is 1.63. The van der Waals surface area contributed by atoms with Gasteiger partial charge in [-0.1, -0.05) is 12.1 Å². The number of amides is 1. The van der Waals surface area contributed by atoms with E-state index >= 15 is 0 Å². The lowest BCUT2D eigenvalue weighted by atomic mass is 10.0. The molecule has 0 unspecified atom stereocenters. The molecule has 1 aliphatic rings. The molecule has 1 aliphatic heterocycles. The number of ketones is 1. The predicted octanol–water partition coefficient (Wildman–Crippen LogP) is 0.996. The van der Waals surface area contributed by atoms with E-state index in [-0.39, 0.29) is 18.3 Å². The third-order valence-electron chi connectivity index (χ3n) is 4.33. The molecule has 0 bridgehead atoms. The van der Waals surface area contributed by atoms with Crippen molar-refractivity contribution in [2.24, 2.45) is 0 Å². The quantitative estimate of drug-likeness (QED) is 0.803. The monoisotopic (exact) mass is 327 g/mol. The number of piperazine rings is 1. The number of aromatic nitrogens is 1. The Labute approximate surface area is 140 Å². The zero-order valence-electron chi connectivity index (χ0n) is 13.4. The largest absolute Gasteiger partial charge is 0.395 e. The highest BCUT2D eigenvalue weighted by Gasteiger charge is 2.22. The Morgan fingerprint density at radius 2 is 1.62 bits per heavy atom. The van der Waals surface area contributed by atoms with Gasteiger partial charge in [0.25, 0.3) is 5.91 Å². The van der Waals surface area contributed by atoms with Crippen molar-refractivity contribution in [3.8, 4) is 0 Å². The van der Waals surface area contributed by atoms with Crippen molar-refractivity contribution in [1.29, 1.82) is 0 Å². The highest BCUT2D eigenvalue weighted by molar-refractivity contribution is 6.09. The minimum Gasteiger partial charge on any atom is -0.395 e. The number of nitrogens with zero attached hydrogens (tertiary/aromatic N) is 2. The number of hydrogen-bond donors (Lipinski definition) is 2. The Morgan fingerprint density at radius 1 is 0.958 bits per heavy atom. The summed E-state index contributed by atoms with van der Waals surface area (Å²) in [4.78, 5) is 31.6. The standard InChI is InChI=1S/C18H21N3O3/c22-12-11-20-7-9-21(10-8-20)18(24)15-3-1-14(2-4-15)17(23)16-5-6-19-13-16/h1-6,13,19,22H,7-12H2. The van der Waals surface area contributed by atoms with Crippen LogP contribution in [0.15, 0.2) is 42.7 Å². The van der Waals surface area contributed by atoms with Crippen LogP contribution in [0.2, 0.25) is 0 Å². The fraction of sp³-hybridized carbons (Fsp3) is 0.333. The fourth-order valence-electron chi connectivity index (χ4n) is 2.89. The summed E-state index contributed by atoms with van der Waals surface area (Å²) in [6, 6.07) is 8.55. The van der Waals surface area contributed by atoms with Gasteiger partial charge < -0.3 is 15.0 Å². The second kappa shape index (κ2) is 7.42. The first-order valence-electron chi connectivity index (χ1n) is 8.09. The lowest BCUT2D eigenvalue weighted by Crippen LogP contribution is -2.49. The molecule has 126 valence electrons. The Kier molecular flexibility index (Phi) is 5.08. The minimum atomic E-state index is -0.0622. The van der Waals surface area contributed by atoms with Gasteiger partial charge in [0.15, 0.2) is 5.78 Å². The number of nitrogens with one attached hydrogen (secondary N) is 1. The molecule has 0 aliphatic carbocycles. The molecule has 2 heterocycles. The fourth-order valence-corrected chi connectivity index (χ4v) is 2.89. The molecule has 2 N–H and O–H groups in total. The van der Waals surface area contributed by atoms with E-state index in [4.69, 9.17) is 5.11 Å². The zero-order valence-corrected chi connectivity index (χ0v) is 13.4. The summed E-state index contributed by atoms with van der Waals surface area (Å²) >= 11 is 0. The van der Waals surface area contributed by atoms with Crippen LogP contribution in [0.1, 0.15) is 26.3 Å². The molecule has 0 radical (unpaired) electrons. The van der Waals surface area contributed by atoms with Crippen LogP contribution in [0.25, 0.3) is 0 Å². The van der Waals surface area contributed by atoms with Gasteiger partial charge in [0.05, 0.1) is 6.61 Å². The second-order valence-corrected chi connectivity index (χ2v) is 5.86. The summed E-state index contributed by atoms with van der Waals surface area (Å²) in [6.07, 6.45) is 3.37. The molecule has 0 saturated carbocycles. The molecule has 1 aromatic heterocycles. The number of carbonyl (C=O) groups excluding carboxylic acids is 2. The SMILES string of the molecule is O=C(c1ccc(C(=O)N2CCN(CCO)CC2)cc1)c1cc[nH]c1. The number of aromatic amines is 1. The number of carbonyl (C=O) groups is 2. The third kappa shape index (κ3) is 3.55. The van der Waals surface area contributed by atoms with Crippen LogP contribution in [0.4, 0.5) is 0 Å². The predicted molar refractivity (Wildman–Crippen MR) is 90.1 cm³/mol. The van der Waals surface area contributed by atoms with Gasteiger partial charge in [-0.3, -0.25) is 14.5 Å². The molecule has 2 aromatic rings. The van der Waals surface area contributed by atoms with Gasteiger partial charge in [-0.15, -0.1) is 0 Å². The summed E-state index contributed by atoms with van der Waals surface area (Å²) in [5, 5.41) is 8.96. The zero-order chi connectivity index (χ0) is 16.9. The van der Waals surface area contributed by atoms with Gasteiger partial charge in [0, 0.05) is 61.8 Å². The molecule has 6 nitrogen and oxygen atoms in total. The summed E-state index contributed by atoms with van der Waals surface area (Å²) in [6.45, 7) is 3.65. The highest BCUT2D eigenvalue weighted by Crippen LogP contribution is 2.13. The summed E-state index contributed by atoms with van der Waals surface area (Å²) in [5.74, 6) is -0.0767. The van der Waals surface area contributed by atoms with Crippen LogP contribution in [-0.4, -0.2) is 70.9 Å². The van der Waals surface area contributed by atoms with Gasteiger partial charge in [-0.25, -0.2) is 0 Å². The smallest absolute Gasteiger partial charge is 0.253 e. The van der Waals surface area contributed by atoms with Crippen LogP contribution < -0.4 is 0 Å². The summed E-state index contributed by atoms with van der Waals surface area (Å²) in [7, 11) is 0. The molecule has 1 aromatic carbocycles. The molecule has 6 heteroatoms. The molecule has 0 spiro atoms. The van der Waals surface area contributed by atoms with E-state index in [1.165, 1.54) is 0 Å². The van der Waals surface area contributed by atoms with E-state index in [9.17, 15) is 9.59 Å². The number of benzene rings is 1. The number of rotatable bonds is 5. The molecular formula is C18H21N3O3. The molecule has 3 rings (SSSR count). The van der Waals surface area contributed by atoms with Gasteiger partial charge in [-0.05, 0) is 18.2 Å². The third-order valence-corrected chi connectivity index (χ3v) is 4.33. The van der Waals surface area contributed by atoms with Gasteiger partial charge in [0.2, 0.25) is 0 Å². The van der Waals surface area contributed by atoms with Crippen molar-refractivity contribution in [3.63, 3.8) is 0 Å². The first kappa shape index (κ1) is 16.4. The van der Waals surface area contributed by atoms with Crippen molar-refractivity contribution in [3.05, 3.63) is 59.4 Å². The molecule has 1 saturated heterocycles. The Bertz CT molecular complexity index is 687. The summed E-state index contributed by atoms with van der Waals surface area (Å²) in [5.41, 5.74) is 1.77. The van der Waals surface area contributed by atoms with E-state index in [2.05, 4.69) is 9.88 Å². The first-order valence-corrected chi connectivity index (χ1v) is 8.09. The maximum absolute atomic E-state index is 12.5. The van der Waals surface area contributed by atoms with Crippen molar-refractivity contribution >= 4 is 11.7 Å². The number of β-amino-alcohol motifs (C(OH)–C–C–N with tert-alkyl or cyclic N) is 1. The van der Waals surface area contributed by atoms with Crippen LogP contribution in [0.3, 0.4) is 0 Å². The Morgan fingerprint density at radius 3 is 2.21 bits per heavy atom. The van der Waals surface area contributed by atoms with Gasteiger partial charge in [-0.2, -0.15) is 0 Å². The first-order chi connectivity index (χ1) is 11.7. The lowest BCUT2D eigenvalue weighted by Gasteiger charge is -2.34. The average Bonchev–Trinajstić information content (AvgIpc) is 3.16. The second-order valence-electron chi connectivity index (χ2n) is 5.86. The number of H-pyrrole nitrogens is 1. The molecular weight excluding hydrogens is 306 g/mol. The maximum Gasteiger partial charge on any atom is 0.253 e. The van der Waals surface area contributed by atoms with E-state index in [1.54, 1.807) is 42.7 Å². The topological polar surface area (TPSA) is 76.6 Å². The van der Waals surface area contributed by atoms with Crippen molar-refractivity contribution in [1.82, 2.24) is 14.8 Å². The van der Waals surface area contributed by atoms with Crippen molar-refractivity contribution < 1.29 is 14.7 Å². The summed E-state index contributed by atoms with van der Waals surface area (Å²) < 4.78 is 0. The number of aliphatic hydroxyl groups is 1. The highest BCUT2D eigenvalue weighted by atomic mass is 16.3. The molecule has 24 heavy (non-hydrogen) atoms. The lowest BCUT2D eigenvalue weighted by molar-refractivity contribution is 0.0614.